The number of fused-ring (bicyclic) bond motifs is 2. The van der Waals surface area contributed by atoms with Gasteiger partial charge in [-0.1, -0.05) is 0 Å². The van der Waals surface area contributed by atoms with Crippen LogP contribution in [-0.2, 0) is 4.79 Å². The second-order valence-electron chi connectivity index (χ2n) is 7.17. The summed E-state index contributed by atoms with van der Waals surface area (Å²) in [5.41, 5.74) is 0.861. The second-order valence-corrected chi connectivity index (χ2v) is 7.17. The van der Waals surface area contributed by atoms with Crippen molar-refractivity contribution < 1.29 is 4.79 Å². The number of anilines is 1. The molecule has 2 aliphatic rings. The van der Waals surface area contributed by atoms with Gasteiger partial charge in [-0.3, -0.25) is 4.79 Å². The summed E-state index contributed by atoms with van der Waals surface area (Å²) in [6.07, 6.45) is 6.78. The molecule has 2 fully saturated rings. The molecule has 1 saturated heterocycles. The third kappa shape index (κ3) is 2.82. The molecule has 130 valence electrons. The van der Waals surface area contributed by atoms with E-state index in [1.807, 2.05) is 23.2 Å². The van der Waals surface area contributed by atoms with Crippen LogP contribution in [0, 0.1) is 23.2 Å². The maximum absolute atomic E-state index is 12.0. The Morgan fingerprint density at radius 1 is 1.40 bits per heavy atom. The van der Waals surface area contributed by atoms with Gasteiger partial charge in [0.15, 0.2) is 0 Å². The van der Waals surface area contributed by atoms with E-state index in [1.165, 1.54) is 0 Å². The van der Waals surface area contributed by atoms with E-state index in [-0.39, 0.29) is 12.3 Å². The zero-order valence-electron chi connectivity index (χ0n) is 14.4. The molecule has 0 radical (unpaired) electrons. The molecule has 2 aromatic heterocycles. The smallest absolute Gasteiger partial charge is 0.236 e. The summed E-state index contributed by atoms with van der Waals surface area (Å²) in [4.78, 5) is 28.1. The van der Waals surface area contributed by atoms with E-state index in [2.05, 4.69) is 26.9 Å². The van der Waals surface area contributed by atoms with Gasteiger partial charge in [0.05, 0.1) is 11.5 Å². The van der Waals surface area contributed by atoms with E-state index >= 15 is 0 Å². The highest BCUT2D eigenvalue weighted by molar-refractivity contribution is 5.87. The summed E-state index contributed by atoms with van der Waals surface area (Å²) in [6, 6.07) is 4.41. The van der Waals surface area contributed by atoms with E-state index in [4.69, 9.17) is 5.26 Å². The third-order valence-corrected chi connectivity index (χ3v) is 5.82. The molecular weight excluding hydrogens is 316 g/mol. The fourth-order valence-corrected chi connectivity index (χ4v) is 4.45. The number of nitrogens with zero attached hydrogens (tertiary/aromatic N) is 5. The number of amides is 1. The topological polar surface area (TPSA) is 88.9 Å². The largest absolute Gasteiger partial charge is 0.356 e. The first-order chi connectivity index (χ1) is 12.2. The Morgan fingerprint density at radius 3 is 3.08 bits per heavy atom. The standard InChI is InChI=1S/C18H22N6O/c1-23(18-15-5-7-20-17(15)21-11-22-18)14-3-2-12-9-24(10-13(12)8-14)16(25)4-6-19/h5,7,11-14H,2-4,8-10H2,1H3,(H,20,21,22). The Bertz CT molecular complexity index is 824. The minimum atomic E-state index is -0.0216. The predicted molar refractivity (Wildman–Crippen MR) is 93.7 cm³/mol. The minimum absolute atomic E-state index is 0.00478. The average Bonchev–Trinajstić information content (AvgIpc) is 3.26. The van der Waals surface area contributed by atoms with E-state index in [9.17, 15) is 4.79 Å². The molecule has 4 rings (SSSR count). The van der Waals surface area contributed by atoms with E-state index in [0.717, 1.165) is 49.2 Å². The summed E-state index contributed by atoms with van der Waals surface area (Å²) in [5, 5.41) is 9.79. The lowest BCUT2D eigenvalue weighted by Gasteiger charge is -2.37. The van der Waals surface area contributed by atoms with Crippen molar-refractivity contribution in [3.05, 3.63) is 18.6 Å². The number of carbonyl (C=O) groups excluding carboxylic acids is 1. The van der Waals surface area contributed by atoms with Gasteiger partial charge in [-0.05, 0) is 37.2 Å². The maximum Gasteiger partial charge on any atom is 0.236 e. The summed E-state index contributed by atoms with van der Waals surface area (Å²) in [5.74, 6) is 2.04. The summed E-state index contributed by atoms with van der Waals surface area (Å²) < 4.78 is 0. The number of nitrogens with one attached hydrogen (secondary N) is 1. The van der Waals surface area contributed by atoms with Gasteiger partial charge in [0, 0.05) is 32.4 Å². The predicted octanol–water partition coefficient (Wildman–Crippen LogP) is 1.93. The van der Waals surface area contributed by atoms with Crippen molar-refractivity contribution in [1.82, 2.24) is 19.9 Å². The molecule has 7 nitrogen and oxygen atoms in total. The van der Waals surface area contributed by atoms with Crippen LogP contribution < -0.4 is 4.90 Å². The van der Waals surface area contributed by atoms with E-state index in [1.54, 1.807) is 6.33 Å². The van der Waals surface area contributed by atoms with Gasteiger partial charge >= 0.3 is 0 Å². The van der Waals surface area contributed by atoms with Crippen molar-refractivity contribution in [2.45, 2.75) is 31.7 Å². The quantitative estimate of drug-likeness (QED) is 0.924. The Kier molecular flexibility index (Phi) is 4.04. The molecule has 2 aromatic rings. The second kappa shape index (κ2) is 6.36. The normalized spacial score (nSPS) is 25.6. The van der Waals surface area contributed by atoms with Crippen LogP contribution in [0.3, 0.4) is 0 Å². The van der Waals surface area contributed by atoms with Crippen molar-refractivity contribution in [1.29, 1.82) is 5.26 Å². The van der Waals surface area contributed by atoms with Crippen molar-refractivity contribution in [3.63, 3.8) is 0 Å². The van der Waals surface area contributed by atoms with Gasteiger partial charge in [-0.15, -0.1) is 0 Å². The van der Waals surface area contributed by atoms with Gasteiger partial charge in [-0.25, -0.2) is 9.97 Å². The first kappa shape index (κ1) is 15.9. The van der Waals surface area contributed by atoms with Crippen LogP contribution in [0.25, 0.3) is 11.0 Å². The molecule has 1 amide bonds. The monoisotopic (exact) mass is 338 g/mol. The SMILES string of the molecule is CN(c1ncnc2[nH]ccc12)C1CCC2CN(C(=O)CC#N)CC2C1. The fraction of sp³-hybridized carbons (Fsp3) is 0.556. The molecule has 1 saturated carbocycles. The fourth-order valence-electron chi connectivity index (χ4n) is 4.45. The lowest BCUT2D eigenvalue weighted by molar-refractivity contribution is -0.129. The Morgan fingerprint density at radius 2 is 2.24 bits per heavy atom. The van der Waals surface area contributed by atoms with E-state index < -0.39 is 0 Å². The van der Waals surface area contributed by atoms with Crippen molar-refractivity contribution >= 4 is 22.8 Å². The van der Waals surface area contributed by atoms with Crippen molar-refractivity contribution in [2.75, 3.05) is 25.0 Å². The lowest BCUT2D eigenvalue weighted by atomic mass is 9.78. The molecule has 1 N–H and O–H groups in total. The number of hydrogen-bond donors (Lipinski definition) is 1. The Hall–Kier alpha value is -2.62. The van der Waals surface area contributed by atoms with Crippen LogP contribution in [0.15, 0.2) is 18.6 Å². The van der Waals surface area contributed by atoms with Crippen LogP contribution >= 0.6 is 0 Å². The first-order valence-corrected chi connectivity index (χ1v) is 8.83. The molecule has 25 heavy (non-hydrogen) atoms. The highest BCUT2D eigenvalue weighted by atomic mass is 16.2. The van der Waals surface area contributed by atoms with Crippen LogP contribution in [0.5, 0.6) is 0 Å². The molecule has 3 heterocycles. The highest BCUT2D eigenvalue weighted by Crippen LogP contribution is 2.39. The molecule has 1 aliphatic carbocycles. The van der Waals surface area contributed by atoms with Crippen LogP contribution in [-0.4, -0.2) is 51.9 Å². The van der Waals surface area contributed by atoms with Gasteiger partial charge in [0.25, 0.3) is 0 Å². The molecule has 0 bridgehead atoms. The molecule has 1 aliphatic heterocycles. The van der Waals surface area contributed by atoms with Gasteiger partial charge in [-0.2, -0.15) is 5.26 Å². The summed E-state index contributed by atoms with van der Waals surface area (Å²) >= 11 is 0. The first-order valence-electron chi connectivity index (χ1n) is 8.83. The zero-order chi connectivity index (χ0) is 17.4. The number of aromatic amines is 1. The van der Waals surface area contributed by atoms with E-state index in [0.29, 0.717) is 17.9 Å². The third-order valence-electron chi connectivity index (χ3n) is 5.82. The Labute approximate surface area is 146 Å². The minimum Gasteiger partial charge on any atom is -0.356 e. The van der Waals surface area contributed by atoms with Crippen molar-refractivity contribution in [3.8, 4) is 6.07 Å². The number of hydrogen-bond acceptors (Lipinski definition) is 5. The number of aromatic nitrogens is 3. The molecule has 3 unspecified atom stereocenters. The summed E-state index contributed by atoms with van der Waals surface area (Å²) in [7, 11) is 2.10. The highest BCUT2D eigenvalue weighted by Gasteiger charge is 2.40. The Balaban J connectivity index is 1.48. The van der Waals surface area contributed by atoms with Crippen LogP contribution in [0.1, 0.15) is 25.7 Å². The number of H-pyrrole nitrogens is 1. The molecule has 0 spiro atoms. The van der Waals surface area contributed by atoms with Gasteiger partial charge in [0.2, 0.25) is 5.91 Å². The maximum atomic E-state index is 12.0. The summed E-state index contributed by atoms with van der Waals surface area (Å²) in [6.45, 7) is 1.61. The zero-order valence-corrected chi connectivity index (χ0v) is 14.4. The van der Waals surface area contributed by atoms with Crippen LogP contribution in [0.4, 0.5) is 5.82 Å². The van der Waals surface area contributed by atoms with Crippen molar-refractivity contribution in [2.24, 2.45) is 11.8 Å². The average molecular weight is 338 g/mol. The number of likely N-dealkylation sites (tertiary alicyclic amines) is 1. The van der Waals surface area contributed by atoms with Crippen LogP contribution in [0.2, 0.25) is 0 Å². The van der Waals surface area contributed by atoms with Gasteiger partial charge in [0.1, 0.15) is 24.2 Å². The number of rotatable bonds is 3. The molecule has 3 atom stereocenters. The number of carbonyl (C=O) groups is 1. The van der Waals surface area contributed by atoms with Gasteiger partial charge < -0.3 is 14.8 Å². The lowest BCUT2D eigenvalue weighted by Crippen LogP contribution is -2.39. The molecule has 7 heteroatoms. The molecule has 0 aromatic carbocycles. The molecular formula is C18H22N6O. The number of nitriles is 1.